The summed E-state index contributed by atoms with van der Waals surface area (Å²) in [6.07, 6.45) is 3.89. The van der Waals surface area contributed by atoms with Gasteiger partial charge in [0.2, 0.25) is 18.6 Å². The fourth-order valence-corrected chi connectivity index (χ4v) is 4.59. The quantitative estimate of drug-likeness (QED) is 0.597. The molecule has 1 N–H and O–H groups in total. The second-order valence-corrected chi connectivity index (χ2v) is 9.03. The maximum Gasteiger partial charge on any atom is 0.247 e. The first-order valence-corrected chi connectivity index (χ1v) is 11.8. The number of hydrogen-bond donors (Lipinski definition) is 1. The Morgan fingerprint density at radius 2 is 1.79 bits per heavy atom. The van der Waals surface area contributed by atoms with Crippen molar-refractivity contribution >= 4 is 23.4 Å². The van der Waals surface area contributed by atoms with Crippen molar-refractivity contribution in [3.05, 3.63) is 59.4 Å². The van der Waals surface area contributed by atoms with Gasteiger partial charge in [-0.25, -0.2) is 4.39 Å². The smallest absolute Gasteiger partial charge is 0.247 e. The van der Waals surface area contributed by atoms with Crippen LogP contribution in [-0.2, 0) is 16.1 Å². The van der Waals surface area contributed by atoms with Crippen LogP contribution in [0.4, 0.5) is 4.39 Å². The standard InChI is InChI=1S/C25H28ClFN2O4/c1-16-2-9-20(10-3-16)28-25(31)24(18-5-7-19(27)8-6-18)29(23(30)13-26)14-17-4-11-21-22(12-17)33-15-32-21/h4-8,11-12,16,20,24H,2-3,9-10,13-15H2,1H3,(H,28,31). The molecule has 2 aromatic carbocycles. The van der Waals surface area contributed by atoms with Crippen LogP contribution in [0.3, 0.4) is 0 Å². The first-order valence-electron chi connectivity index (χ1n) is 11.2. The molecule has 2 aromatic rings. The molecule has 0 aromatic heterocycles. The summed E-state index contributed by atoms with van der Waals surface area (Å²) in [5.41, 5.74) is 1.29. The van der Waals surface area contributed by atoms with Crippen LogP contribution in [0.15, 0.2) is 42.5 Å². The van der Waals surface area contributed by atoms with Gasteiger partial charge in [0.05, 0.1) is 0 Å². The molecule has 0 bridgehead atoms. The highest BCUT2D eigenvalue weighted by Crippen LogP contribution is 2.34. The minimum atomic E-state index is -0.943. The largest absolute Gasteiger partial charge is 0.454 e. The summed E-state index contributed by atoms with van der Waals surface area (Å²) in [4.78, 5) is 27.9. The van der Waals surface area contributed by atoms with E-state index in [1.807, 2.05) is 6.07 Å². The lowest BCUT2D eigenvalue weighted by molar-refractivity contribution is -0.140. The number of fused-ring (bicyclic) bond motifs is 1. The molecule has 0 radical (unpaired) electrons. The van der Waals surface area contributed by atoms with Crippen molar-refractivity contribution in [1.29, 1.82) is 0 Å². The Balaban J connectivity index is 1.63. The molecule has 8 heteroatoms. The minimum Gasteiger partial charge on any atom is -0.454 e. The normalized spacial score (nSPS) is 20.2. The minimum absolute atomic E-state index is 0.0511. The summed E-state index contributed by atoms with van der Waals surface area (Å²) >= 11 is 5.95. The van der Waals surface area contributed by atoms with E-state index < -0.39 is 17.8 Å². The molecule has 1 saturated carbocycles. The van der Waals surface area contributed by atoms with Crippen molar-refractivity contribution in [1.82, 2.24) is 10.2 Å². The molecule has 2 amide bonds. The van der Waals surface area contributed by atoms with Gasteiger partial charge in [-0.1, -0.05) is 25.1 Å². The number of halogens is 2. The predicted octanol–water partition coefficient (Wildman–Crippen LogP) is 4.56. The highest BCUT2D eigenvalue weighted by molar-refractivity contribution is 6.27. The Kier molecular flexibility index (Phi) is 7.38. The molecule has 176 valence electrons. The first kappa shape index (κ1) is 23.4. The van der Waals surface area contributed by atoms with Crippen LogP contribution in [0.5, 0.6) is 11.5 Å². The first-order chi connectivity index (χ1) is 15.9. The lowest BCUT2D eigenvalue weighted by atomic mass is 9.87. The molecule has 6 nitrogen and oxygen atoms in total. The topological polar surface area (TPSA) is 67.9 Å². The van der Waals surface area contributed by atoms with E-state index in [1.165, 1.54) is 29.2 Å². The van der Waals surface area contributed by atoms with E-state index in [0.29, 0.717) is 23.0 Å². The second-order valence-electron chi connectivity index (χ2n) is 8.76. The number of alkyl halides is 1. The van der Waals surface area contributed by atoms with Crippen LogP contribution in [0.1, 0.15) is 49.8 Å². The van der Waals surface area contributed by atoms with Gasteiger partial charge >= 0.3 is 0 Å². The number of hydrogen-bond acceptors (Lipinski definition) is 4. The van der Waals surface area contributed by atoms with Gasteiger partial charge in [0.15, 0.2) is 11.5 Å². The Labute approximate surface area is 198 Å². The summed E-state index contributed by atoms with van der Waals surface area (Å²) in [6, 6.07) is 10.2. The van der Waals surface area contributed by atoms with Crippen molar-refractivity contribution < 1.29 is 23.5 Å². The zero-order valence-corrected chi connectivity index (χ0v) is 19.3. The SMILES string of the molecule is CC1CCC(NC(=O)C(c2ccc(F)cc2)N(Cc2ccc3c(c2)OCO3)C(=O)CCl)CC1. The monoisotopic (exact) mass is 474 g/mol. The number of carbonyl (C=O) groups excluding carboxylic acids is 2. The van der Waals surface area contributed by atoms with Crippen molar-refractivity contribution in [2.24, 2.45) is 5.92 Å². The molecule has 1 aliphatic heterocycles. The average molecular weight is 475 g/mol. The number of nitrogens with one attached hydrogen (secondary N) is 1. The van der Waals surface area contributed by atoms with Crippen LogP contribution < -0.4 is 14.8 Å². The predicted molar refractivity (Wildman–Crippen MR) is 123 cm³/mol. The van der Waals surface area contributed by atoms with E-state index in [0.717, 1.165) is 31.2 Å². The van der Waals surface area contributed by atoms with Crippen LogP contribution in [0.2, 0.25) is 0 Å². The van der Waals surface area contributed by atoms with Gasteiger partial charge in [-0.2, -0.15) is 0 Å². The zero-order valence-electron chi connectivity index (χ0n) is 18.6. The Morgan fingerprint density at radius 1 is 1.09 bits per heavy atom. The summed E-state index contributed by atoms with van der Waals surface area (Å²) in [5, 5.41) is 3.13. The summed E-state index contributed by atoms with van der Waals surface area (Å²) < 4.78 is 24.4. The van der Waals surface area contributed by atoms with Crippen LogP contribution in [-0.4, -0.2) is 35.4 Å². The molecular weight excluding hydrogens is 447 g/mol. The molecule has 1 heterocycles. The van der Waals surface area contributed by atoms with Gasteiger partial charge in [-0.3, -0.25) is 9.59 Å². The molecule has 4 rings (SSSR count). The van der Waals surface area contributed by atoms with Crippen molar-refractivity contribution in [2.45, 2.75) is 51.2 Å². The number of carbonyl (C=O) groups is 2. The molecule has 33 heavy (non-hydrogen) atoms. The summed E-state index contributed by atoms with van der Waals surface area (Å²) in [7, 11) is 0. The highest BCUT2D eigenvalue weighted by atomic mass is 35.5. The molecule has 1 unspecified atom stereocenters. The van der Waals surface area contributed by atoms with E-state index in [-0.39, 0.29) is 31.2 Å². The summed E-state index contributed by atoms with van der Waals surface area (Å²) in [5.74, 6) is 0.488. The second kappa shape index (κ2) is 10.4. The third kappa shape index (κ3) is 5.58. The molecule has 2 aliphatic rings. The van der Waals surface area contributed by atoms with E-state index in [9.17, 15) is 14.0 Å². The van der Waals surface area contributed by atoms with Gasteiger partial charge in [-0.15, -0.1) is 11.6 Å². The van der Waals surface area contributed by atoms with Crippen molar-refractivity contribution in [3.63, 3.8) is 0 Å². The maximum atomic E-state index is 13.6. The fourth-order valence-electron chi connectivity index (χ4n) is 4.44. The molecule has 1 atom stereocenters. The van der Waals surface area contributed by atoms with Gasteiger partial charge in [0, 0.05) is 12.6 Å². The number of benzene rings is 2. The van der Waals surface area contributed by atoms with Crippen LogP contribution in [0, 0.1) is 11.7 Å². The Bertz CT molecular complexity index is 992. The number of rotatable bonds is 7. The third-order valence-electron chi connectivity index (χ3n) is 6.33. The van der Waals surface area contributed by atoms with Gasteiger partial charge < -0.3 is 19.7 Å². The summed E-state index contributed by atoms with van der Waals surface area (Å²) in [6.45, 7) is 2.49. The number of amides is 2. The van der Waals surface area contributed by atoms with E-state index in [4.69, 9.17) is 21.1 Å². The highest BCUT2D eigenvalue weighted by Gasteiger charge is 2.33. The molecule has 0 spiro atoms. The van der Waals surface area contributed by atoms with Gasteiger partial charge in [0.1, 0.15) is 17.7 Å². The van der Waals surface area contributed by atoms with Gasteiger partial charge in [0.25, 0.3) is 0 Å². The Hall–Kier alpha value is -2.80. The van der Waals surface area contributed by atoms with Crippen LogP contribution >= 0.6 is 11.6 Å². The van der Waals surface area contributed by atoms with E-state index in [2.05, 4.69) is 12.2 Å². The Morgan fingerprint density at radius 3 is 2.48 bits per heavy atom. The number of ether oxygens (including phenoxy) is 2. The molecule has 0 saturated heterocycles. The van der Waals surface area contributed by atoms with E-state index in [1.54, 1.807) is 12.1 Å². The molecule has 1 aliphatic carbocycles. The maximum absolute atomic E-state index is 13.6. The van der Waals surface area contributed by atoms with Crippen molar-refractivity contribution in [2.75, 3.05) is 12.7 Å². The molecule has 1 fully saturated rings. The van der Waals surface area contributed by atoms with Crippen molar-refractivity contribution in [3.8, 4) is 11.5 Å². The zero-order chi connectivity index (χ0) is 23.4. The van der Waals surface area contributed by atoms with Gasteiger partial charge in [-0.05, 0) is 67.0 Å². The fraction of sp³-hybridized carbons (Fsp3) is 0.440. The lowest BCUT2D eigenvalue weighted by Gasteiger charge is -2.34. The van der Waals surface area contributed by atoms with Crippen LogP contribution in [0.25, 0.3) is 0 Å². The third-order valence-corrected chi connectivity index (χ3v) is 6.56. The number of nitrogens with zero attached hydrogens (tertiary/aromatic N) is 1. The van der Waals surface area contributed by atoms with E-state index >= 15 is 0 Å². The lowest BCUT2D eigenvalue weighted by Crippen LogP contribution is -2.47. The average Bonchev–Trinajstić information content (AvgIpc) is 3.29. The molecular formula is C25H28ClFN2O4.